The summed E-state index contributed by atoms with van der Waals surface area (Å²) in [5.74, 6) is 1.04. The van der Waals surface area contributed by atoms with E-state index in [1.807, 2.05) is 36.4 Å². The highest BCUT2D eigenvalue weighted by atomic mass is 16.5. The Kier molecular flexibility index (Phi) is 5.07. The normalized spacial score (nSPS) is 13.6. The molecule has 2 aromatic heterocycles. The number of benzene rings is 3. The average molecular weight is 456 g/mol. The molecule has 0 unspecified atom stereocenters. The maximum absolute atomic E-state index is 5.89. The van der Waals surface area contributed by atoms with E-state index < -0.39 is 0 Å². The van der Waals surface area contributed by atoms with E-state index in [-0.39, 0.29) is 5.41 Å². The van der Waals surface area contributed by atoms with Gasteiger partial charge in [-0.05, 0) is 47.5 Å². The highest BCUT2D eigenvalue weighted by Gasteiger charge is 2.36. The van der Waals surface area contributed by atoms with Gasteiger partial charge in [-0.15, -0.1) is 0 Å². The summed E-state index contributed by atoms with van der Waals surface area (Å²) in [4.78, 5) is 11.4. The van der Waals surface area contributed by atoms with Crippen molar-refractivity contribution in [1.82, 2.24) is 9.97 Å². The molecule has 35 heavy (non-hydrogen) atoms. The monoisotopic (exact) mass is 455 g/mol. The molecule has 0 amide bonds. The van der Waals surface area contributed by atoms with Crippen LogP contribution in [0.5, 0.6) is 11.8 Å². The summed E-state index contributed by atoms with van der Waals surface area (Å²) < 4.78 is 5.89. The Balaban J connectivity index is 1.48. The second kappa shape index (κ2) is 8.41. The Bertz CT molecular complexity index is 1500. The van der Waals surface area contributed by atoms with E-state index in [1.165, 1.54) is 16.8 Å². The van der Waals surface area contributed by atoms with Crippen molar-refractivity contribution < 1.29 is 4.74 Å². The quantitative estimate of drug-likeness (QED) is 0.275. The molecule has 3 aromatic carbocycles. The van der Waals surface area contributed by atoms with Crippen molar-refractivity contribution >= 4 is 17.1 Å². The third-order valence-electron chi connectivity index (χ3n) is 6.61. The molecular weight excluding hydrogens is 430 g/mol. The molecular formula is C31H25N3O. The number of fused-ring (bicyclic) bond motifs is 2. The van der Waals surface area contributed by atoms with Crippen LogP contribution in [0, 0.1) is 0 Å². The fourth-order valence-electron chi connectivity index (χ4n) is 4.88. The Morgan fingerprint density at radius 3 is 2.23 bits per heavy atom. The molecule has 3 heterocycles. The van der Waals surface area contributed by atoms with Gasteiger partial charge in [0.25, 0.3) is 0 Å². The Labute approximate surface area is 205 Å². The van der Waals surface area contributed by atoms with Gasteiger partial charge in [0, 0.05) is 35.0 Å². The molecule has 0 fully saturated rings. The maximum atomic E-state index is 5.89. The highest BCUT2D eigenvalue weighted by molar-refractivity contribution is 5.87. The fraction of sp³-hybridized carbons (Fsp3) is 0.0968. The second-order valence-corrected chi connectivity index (χ2v) is 9.18. The minimum atomic E-state index is -0.132. The number of hydrogen-bond donors (Lipinski definition) is 0. The largest absolute Gasteiger partial charge is 0.421 e. The first kappa shape index (κ1) is 21.1. The Hall–Kier alpha value is -4.44. The van der Waals surface area contributed by atoms with Crippen LogP contribution in [0.3, 0.4) is 0 Å². The molecule has 0 saturated carbocycles. The first-order valence-corrected chi connectivity index (χ1v) is 11.8. The van der Waals surface area contributed by atoms with Gasteiger partial charge in [-0.25, -0.2) is 9.97 Å². The summed E-state index contributed by atoms with van der Waals surface area (Å²) >= 11 is 0. The van der Waals surface area contributed by atoms with Crippen LogP contribution >= 0.6 is 0 Å². The van der Waals surface area contributed by atoms with Crippen LogP contribution in [-0.4, -0.2) is 9.97 Å². The average Bonchev–Trinajstić information content (AvgIpc) is 2.90. The third kappa shape index (κ3) is 3.73. The highest BCUT2D eigenvalue weighted by Crippen LogP contribution is 2.52. The molecule has 0 spiro atoms. The summed E-state index contributed by atoms with van der Waals surface area (Å²) in [6.07, 6.45) is 1.71. The van der Waals surface area contributed by atoms with Gasteiger partial charge in [-0.3, -0.25) is 0 Å². The van der Waals surface area contributed by atoms with Crippen molar-refractivity contribution in [3.05, 3.63) is 127 Å². The minimum absolute atomic E-state index is 0.132. The van der Waals surface area contributed by atoms with Crippen LogP contribution in [0.15, 0.2) is 115 Å². The topological polar surface area (TPSA) is 38.2 Å². The molecule has 0 aliphatic carbocycles. The molecule has 1 aliphatic rings. The Morgan fingerprint density at radius 1 is 0.657 bits per heavy atom. The molecule has 5 aromatic rings. The summed E-state index contributed by atoms with van der Waals surface area (Å²) in [5, 5.41) is 0. The number of pyridine rings is 2. The van der Waals surface area contributed by atoms with Crippen molar-refractivity contribution in [1.29, 1.82) is 0 Å². The van der Waals surface area contributed by atoms with E-state index in [4.69, 9.17) is 9.72 Å². The summed E-state index contributed by atoms with van der Waals surface area (Å²) in [6.45, 7) is 4.60. The van der Waals surface area contributed by atoms with E-state index in [0.717, 1.165) is 22.6 Å². The lowest BCUT2D eigenvalue weighted by Crippen LogP contribution is -2.30. The van der Waals surface area contributed by atoms with Gasteiger partial charge < -0.3 is 9.64 Å². The van der Waals surface area contributed by atoms with Crippen molar-refractivity contribution in [2.24, 2.45) is 0 Å². The number of nitrogens with zero attached hydrogens (tertiary/aromatic N) is 3. The third-order valence-corrected chi connectivity index (χ3v) is 6.61. The van der Waals surface area contributed by atoms with Crippen LogP contribution in [0.25, 0.3) is 11.3 Å². The lowest BCUT2D eigenvalue weighted by Gasteiger charge is -2.42. The molecule has 0 N–H and O–H groups in total. The number of para-hydroxylation sites is 2. The van der Waals surface area contributed by atoms with Gasteiger partial charge in [0.2, 0.25) is 11.8 Å². The molecule has 0 bridgehead atoms. The summed E-state index contributed by atoms with van der Waals surface area (Å²) in [7, 11) is 0. The number of ether oxygens (including phenoxy) is 1. The number of aromatic nitrogens is 2. The summed E-state index contributed by atoms with van der Waals surface area (Å²) in [5.41, 5.74) is 7.85. The van der Waals surface area contributed by atoms with Crippen LogP contribution in [0.2, 0.25) is 0 Å². The second-order valence-electron chi connectivity index (χ2n) is 9.18. The first-order chi connectivity index (χ1) is 17.1. The number of hydrogen-bond acceptors (Lipinski definition) is 4. The van der Waals surface area contributed by atoms with Crippen LogP contribution in [0.1, 0.15) is 25.0 Å². The van der Waals surface area contributed by atoms with E-state index >= 15 is 0 Å². The maximum Gasteiger partial charge on any atom is 0.221 e. The first-order valence-electron chi connectivity index (χ1n) is 11.8. The molecule has 170 valence electrons. The molecule has 4 heteroatoms. The predicted molar refractivity (Wildman–Crippen MR) is 141 cm³/mol. The fourth-order valence-corrected chi connectivity index (χ4v) is 4.88. The van der Waals surface area contributed by atoms with E-state index in [9.17, 15) is 0 Å². The standard InChI is InChI=1S/C31H25N3O/c1-31(2)24-13-6-7-15-27(24)34(23-11-4-3-5-12-23)28-21-22(18-19-25(28)31)26-14-10-17-30(33-26)35-29-16-8-9-20-32-29/h3-21H,1-2H3. The van der Waals surface area contributed by atoms with Crippen molar-refractivity contribution in [3.63, 3.8) is 0 Å². The number of rotatable bonds is 4. The van der Waals surface area contributed by atoms with Gasteiger partial charge in [0.05, 0.1) is 17.1 Å². The molecule has 4 nitrogen and oxygen atoms in total. The molecule has 0 atom stereocenters. The lowest BCUT2D eigenvalue weighted by atomic mass is 9.73. The summed E-state index contributed by atoms with van der Waals surface area (Å²) in [6, 6.07) is 37.3. The van der Waals surface area contributed by atoms with Crippen molar-refractivity contribution in [2.75, 3.05) is 4.90 Å². The molecule has 0 saturated heterocycles. The zero-order chi connectivity index (χ0) is 23.8. The Morgan fingerprint density at radius 2 is 1.40 bits per heavy atom. The van der Waals surface area contributed by atoms with Crippen LogP contribution in [0.4, 0.5) is 17.1 Å². The van der Waals surface area contributed by atoms with E-state index in [2.05, 4.69) is 96.5 Å². The smallest absolute Gasteiger partial charge is 0.221 e. The predicted octanol–water partition coefficient (Wildman–Crippen LogP) is 8.05. The van der Waals surface area contributed by atoms with E-state index in [1.54, 1.807) is 6.20 Å². The zero-order valence-electron chi connectivity index (χ0n) is 19.7. The van der Waals surface area contributed by atoms with Gasteiger partial charge in [0.1, 0.15) is 0 Å². The zero-order valence-corrected chi connectivity index (χ0v) is 19.7. The van der Waals surface area contributed by atoms with E-state index in [0.29, 0.717) is 11.8 Å². The van der Waals surface area contributed by atoms with Gasteiger partial charge in [0.15, 0.2) is 0 Å². The molecule has 0 radical (unpaired) electrons. The number of anilines is 3. The van der Waals surface area contributed by atoms with Crippen LogP contribution < -0.4 is 9.64 Å². The lowest BCUT2D eigenvalue weighted by molar-refractivity contribution is 0.445. The minimum Gasteiger partial charge on any atom is -0.421 e. The van der Waals surface area contributed by atoms with Crippen molar-refractivity contribution in [3.8, 4) is 23.0 Å². The molecule has 1 aliphatic heterocycles. The van der Waals surface area contributed by atoms with Crippen LogP contribution in [-0.2, 0) is 5.41 Å². The van der Waals surface area contributed by atoms with Gasteiger partial charge >= 0.3 is 0 Å². The van der Waals surface area contributed by atoms with Crippen molar-refractivity contribution in [2.45, 2.75) is 19.3 Å². The molecule has 6 rings (SSSR count). The van der Waals surface area contributed by atoms with Gasteiger partial charge in [-0.1, -0.05) is 74.5 Å². The van der Waals surface area contributed by atoms with Gasteiger partial charge in [-0.2, -0.15) is 0 Å². The SMILES string of the molecule is CC1(C)c2ccccc2N(c2ccccc2)c2cc(-c3cccc(Oc4ccccn4)n3)ccc21.